The van der Waals surface area contributed by atoms with Crippen molar-refractivity contribution >= 4 is 27.5 Å². The monoisotopic (exact) mass is 296 g/mol. The highest BCUT2D eigenvalue weighted by atomic mass is 35.5. The zero-order chi connectivity index (χ0) is 13.6. The zero-order valence-electron chi connectivity index (χ0n) is 10.7. The lowest BCUT2D eigenvalue weighted by Crippen LogP contribution is -2.43. The minimum absolute atomic E-state index is 0.0952. The molecule has 0 aliphatic carbocycles. The molecule has 0 bridgehead atoms. The van der Waals surface area contributed by atoms with E-state index in [9.17, 15) is 13.2 Å². The molecule has 1 atom stereocenters. The Morgan fingerprint density at radius 2 is 2.17 bits per heavy atom. The van der Waals surface area contributed by atoms with E-state index < -0.39 is 10.0 Å². The fourth-order valence-corrected chi connectivity index (χ4v) is 3.60. The predicted octanol–water partition coefficient (Wildman–Crippen LogP) is 0.936. The van der Waals surface area contributed by atoms with Gasteiger partial charge in [-0.05, 0) is 26.2 Å². The molecule has 1 N–H and O–H groups in total. The average molecular weight is 297 g/mol. The fourth-order valence-electron chi connectivity index (χ4n) is 2.02. The van der Waals surface area contributed by atoms with Crippen LogP contribution in [0.1, 0.15) is 32.6 Å². The topological polar surface area (TPSA) is 66.5 Å². The largest absolute Gasteiger partial charge is 0.341 e. The number of nitrogens with zero attached hydrogens (tertiary/aromatic N) is 1. The van der Waals surface area contributed by atoms with Crippen LogP contribution >= 0.6 is 11.6 Å². The summed E-state index contributed by atoms with van der Waals surface area (Å²) in [6.45, 7) is 2.97. The SMILES string of the molecule is CC(CN1CCCC1=O)NS(=O)(=O)CCCCCl. The molecular formula is C11H21ClN2O3S. The Morgan fingerprint density at radius 3 is 2.72 bits per heavy atom. The molecule has 1 heterocycles. The first-order valence-corrected chi connectivity index (χ1v) is 8.47. The number of carbonyl (C=O) groups excluding carboxylic acids is 1. The summed E-state index contributed by atoms with van der Waals surface area (Å²) >= 11 is 5.51. The molecule has 1 amide bonds. The molecule has 18 heavy (non-hydrogen) atoms. The number of unbranched alkanes of at least 4 members (excludes halogenated alkanes) is 1. The lowest BCUT2D eigenvalue weighted by atomic mass is 10.3. The summed E-state index contributed by atoms with van der Waals surface area (Å²) in [5, 5.41) is 0. The molecule has 106 valence electrons. The molecule has 1 aliphatic rings. The first-order chi connectivity index (χ1) is 8.44. The molecule has 7 heteroatoms. The third-order valence-electron chi connectivity index (χ3n) is 2.84. The highest BCUT2D eigenvalue weighted by Gasteiger charge is 2.23. The van der Waals surface area contributed by atoms with Crippen LogP contribution in [0.15, 0.2) is 0 Å². The highest BCUT2D eigenvalue weighted by molar-refractivity contribution is 7.89. The third-order valence-corrected chi connectivity index (χ3v) is 4.70. The molecule has 1 aliphatic heterocycles. The van der Waals surface area contributed by atoms with Gasteiger partial charge in [0.2, 0.25) is 15.9 Å². The molecule has 0 aromatic carbocycles. The van der Waals surface area contributed by atoms with Gasteiger partial charge in [0.25, 0.3) is 0 Å². The molecular weight excluding hydrogens is 276 g/mol. The molecule has 0 saturated carbocycles. The van der Waals surface area contributed by atoms with Crippen molar-refractivity contribution in [2.75, 3.05) is 24.7 Å². The zero-order valence-corrected chi connectivity index (χ0v) is 12.3. The number of alkyl halides is 1. The van der Waals surface area contributed by atoms with E-state index in [0.717, 1.165) is 13.0 Å². The summed E-state index contributed by atoms with van der Waals surface area (Å²) in [4.78, 5) is 13.1. The van der Waals surface area contributed by atoms with Gasteiger partial charge < -0.3 is 4.90 Å². The lowest BCUT2D eigenvalue weighted by Gasteiger charge is -2.21. The van der Waals surface area contributed by atoms with E-state index in [1.807, 2.05) is 0 Å². The Bertz CT molecular complexity index is 372. The number of halogens is 1. The number of carbonyl (C=O) groups is 1. The van der Waals surface area contributed by atoms with Gasteiger partial charge >= 0.3 is 0 Å². The first-order valence-electron chi connectivity index (χ1n) is 6.28. The van der Waals surface area contributed by atoms with Gasteiger partial charge in [0.05, 0.1) is 5.75 Å². The van der Waals surface area contributed by atoms with E-state index in [1.165, 1.54) is 0 Å². The predicted molar refractivity (Wildman–Crippen MR) is 72.2 cm³/mol. The quantitative estimate of drug-likeness (QED) is 0.535. The van der Waals surface area contributed by atoms with Crippen LogP contribution in [0.4, 0.5) is 0 Å². The minimum Gasteiger partial charge on any atom is -0.341 e. The van der Waals surface area contributed by atoms with E-state index in [2.05, 4.69) is 4.72 Å². The second-order valence-electron chi connectivity index (χ2n) is 4.68. The Morgan fingerprint density at radius 1 is 1.44 bits per heavy atom. The van der Waals surface area contributed by atoms with Gasteiger partial charge in [0, 0.05) is 31.4 Å². The minimum atomic E-state index is -3.26. The average Bonchev–Trinajstić information content (AvgIpc) is 2.63. The summed E-state index contributed by atoms with van der Waals surface area (Å²) in [6, 6.07) is -0.243. The fraction of sp³-hybridized carbons (Fsp3) is 0.909. The van der Waals surface area contributed by atoms with E-state index >= 15 is 0 Å². The van der Waals surface area contributed by atoms with Crippen LogP contribution in [0.25, 0.3) is 0 Å². The maximum atomic E-state index is 11.7. The van der Waals surface area contributed by atoms with Gasteiger partial charge in [0.1, 0.15) is 0 Å². The first kappa shape index (κ1) is 15.7. The summed E-state index contributed by atoms with van der Waals surface area (Å²) in [5.41, 5.74) is 0. The van der Waals surface area contributed by atoms with Gasteiger partial charge in [-0.3, -0.25) is 4.79 Å². The number of nitrogens with one attached hydrogen (secondary N) is 1. The maximum Gasteiger partial charge on any atom is 0.222 e. The van der Waals surface area contributed by atoms with Crippen molar-refractivity contribution in [3.63, 3.8) is 0 Å². The van der Waals surface area contributed by atoms with Gasteiger partial charge in [-0.1, -0.05) is 0 Å². The normalized spacial score (nSPS) is 18.3. The van der Waals surface area contributed by atoms with Crippen LogP contribution in [-0.4, -0.2) is 50.0 Å². The van der Waals surface area contributed by atoms with E-state index in [4.69, 9.17) is 11.6 Å². The van der Waals surface area contributed by atoms with E-state index in [1.54, 1.807) is 11.8 Å². The van der Waals surface area contributed by atoms with Crippen molar-refractivity contribution in [1.29, 1.82) is 0 Å². The van der Waals surface area contributed by atoms with Crippen LogP contribution in [0.2, 0.25) is 0 Å². The second-order valence-corrected chi connectivity index (χ2v) is 6.93. The van der Waals surface area contributed by atoms with Crippen LogP contribution in [0.3, 0.4) is 0 Å². The molecule has 1 unspecified atom stereocenters. The summed E-state index contributed by atoms with van der Waals surface area (Å²) in [5.74, 6) is 0.689. The molecule has 5 nitrogen and oxygen atoms in total. The van der Waals surface area contributed by atoms with Crippen molar-refractivity contribution in [3.05, 3.63) is 0 Å². The smallest absolute Gasteiger partial charge is 0.222 e. The molecule has 0 radical (unpaired) electrons. The van der Waals surface area contributed by atoms with Gasteiger partial charge in [-0.15, -0.1) is 11.6 Å². The number of hydrogen-bond donors (Lipinski definition) is 1. The van der Waals surface area contributed by atoms with Gasteiger partial charge in [-0.2, -0.15) is 0 Å². The van der Waals surface area contributed by atoms with E-state index in [-0.39, 0.29) is 17.7 Å². The Hall–Kier alpha value is -0.330. The van der Waals surface area contributed by atoms with Gasteiger partial charge in [-0.25, -0.2) is 13.1 Å². The molecule has 1 fully saturated rings. The van der Waals surface area contributed by atoms with Crippen molar-refractivity contribution in [3.8, 4) is 0 Å². The maximum absolute atomic E-state index is 11.7. The Kier molecular flexibility index (Phi) is 6.38. The summed E-state index contributed by atoms with van der Waals surface area (Å²) < 4.78 is 26.0. The van der Waals surface area contributed by atoms with Crippen LogP contribution < -0.4 is 4.72 Å². The van der Waals surface area contributed by atoms with Crippen molar-refractivity contribution in [2.45, 2.75) is 38.6 Å². The number of amides is 1. The van der Waals surface area contributed by atoms with E-state index in [0.29, 0.717) is 31.7 Å². The Balaban J connectivity index is 2.34. The lowest BCUT2D eigenvalue weighted by molar-refractivity contribution is -0.127. The molecule has 0 aromatic rings. The molecule has 1 rings (SSSR count). The van der Waals surface area contributed by atoms with Crippen molar-refractivity contribution in [1.82, 2.24) is 9.62 Å². The van der Waals surface area contributed by atoms with Crippen molar-refractivity contribution < 1.29 is 13.2 Å². The summed E-state index contributed by atoms with van der Waals surface area (Å²) in [6.07, 6.45) is 2.71. The van der Waals surface area contributed by atoms with Crippen LogP contribution in [0.5, 0.6) is 0 Å². The van der Waals surface area contributed by atoms with Gasteiger partial charge in [0.15, 0.2) is 0 Å². The Labute approximate surface area is 114 Å². The molecule has 0 spiro atoms. The number of rotatable bonds is 8. The standard InChI is InChI=1S/C11H21ClN2O3S/c1-10(9-14-7-4-5-11(14)15)13-18(16,17)8-3-2-6-12/h10,13H,2-9H2,1H3. The van der Waals surface area contributed by atoms with Crippen LogP contribution in [0, 0.1) is 0 Å². The second kappa shape index (κ2) is 7.31. The van der Waals surface area contributed by atoms with Crippen LogP contribution in [-0.2, 0) is 14.8 Å². The summed E-state index contributed by atoms with van der Waals surface area (Å²) in [7, 11) is -3.26. The number of likely N-dealkylation sites (tertiary alicyclic amines) is 1. The highest BCUT2D eigenvalue weighted by Crippen LogP contribution is 2.10. The number of hydrogen-bond acceptors (Lipinski definition) is 3. The van der Waals surface area contributed by atoms with Crippen molar-refractivity contribution in [2.24, 2.45) is 0 Å². The third kappa shape index (κ3) is 5.54. The molecule has 0 aromatic heterocycles. The molecule has 1 saturated heterocycles. The number of sulfonamides is 1.